The summed E-state index contributed by atoms with van der Waals surface area (Å²) in [5.41, 5.74) is 2.69. The summed E-state index contributed by atoms with van der Waals surface area (Å²) in [4.78, 5) is 35.1. The number of hydrogen-bond donors (Lipinski definition) is 1. The molecule has 0 saturated heterocycles. The van der Waals surface area contributed by atoms with Gasteiger partial charge in [-0.2, -0.15) is 0 Å². The second-order valence-electron chi connectivity index (χ2n) is 5.64. The smallest absolute Gasteiger partial charge is 0.260 e. The molecule has 0 bridgehead atoms. The van der Waals surface area contributed by atoms with Crippen molar-refractivity contribution in [1.82, 2.24) is 9.97 Å². The third kappa shape index (κ3) is 2.20. The van der Waals surface area contributed by atoms with Gasteiger partial charge >= 0.3 is 0 Å². The van der Waals surface area contributed by atoms with Gasteiger partial charge in [-0.25, -0.2) is 4.98 Å². The Bertz CT molecular complexity index is 978. The number of hydrogen-bond acceptors (Lipinski definition) is 4. The number of nitrogens with zero attached hydrogens (tertiary/aromatic N) is 3. The first kappa shape index (κ1) is 14.3. The highest BCUT2D eigenvalue weighted by atomic mass is 16.2. The van der Waals surface area contributed by atoms with E-state index in [1.165, 1.54) is 4.90 Å². The van der Waals surface area contributed by atoms with Crippen LogP contribution in [0.4, 0.5) is 11.5 Å². The van der Waals surface area contributed by atoms with E-state index in [-0.39, 0.29) is 18.4 Å². The van der Waals surface area contributed by atoms with Gasteiger partial charge in [0.15, 0.2) is 5.82 Å². The van der Waals surface area contributed by atoms with Crippen LogP contribution in [0.1, 0.15) is 15.9 Å². The lowest BCUT2D eigenvalue weighted by Gasteiger charge is -2.29. The van der Waals surface area contributed by atoms with Crippen molar-refractivity contribution in [3.63, 3.8) is 0 Å². The predicted octanol–water partition coefficient (Wildman–Crippen LogP) is 2.54. The molecule has 1 aromatic carbocycles. The Morgan fingerprint density at radius 1 is 1.12 bits per heavy atom. The molecule has 2 amide bonds. The third-order valence-electron chi connectivity index (χ3n) is 4.08. The topological polar surface area (TPSA) is 75.2 Å². The number of aromatic nitrogens is 2. The van der Waals surface area contributed by atoms with E-state index >= 15 is 0 Å². The molecule has 3 aromatic rings. The quantitative estimate of drug-likeness (QED) is 0.748. The van der Waals surface area contributed by atoms with Crippen LogP contribution in [0.2, 0.25) is 0 Å². The maximum absolute atomic E-state index is 13.1. The fraction of sp³-hybridized carbons (Fsp3) is 0.111. The monoisotopic (exact) mass is 318 g/mol. The Labute approximate surface area is 138 Å². The number of pyridine rings is 2. The zero-order valence-electron chi connectivity index (χ0n) is 13.0. The van der Waals surface area contributed by atoms with E-state index in [2.05, 4.69) is 15.3 Å². The Morgan fingerprint density at radius 3 is 2.88 bits per heavy atom. The Morgan fingerprint density at radius 2 is 2.00 bits per heavy atom. The molecule has 1 N–H and O–H groups in total. The normalized spacial score (nSPS) is 13.5. The molecule has 6 heteroatoms. The first-order valence-electron chi connectivity index (χ1n) is 7.56. The van der Waals surface area contributed by atoms with Gasteiger partial charge in [0.25, 0.3) is 5.91 Å². The SMILES string of the molecule is Cc1ccnc2c1NC(=O)CN2C(=O)c1cccc2ncccc12. The molecule has 2 aromatic heterocycles. The molecule has 0 saturated carbocycles. The van der Waals surface area contributed by atoms with Crippen molar-refractivity contribution >= 4 is 34.2 Å². The highest BCUT2D eigenvalue weighted by Gasteiger charge is 2.30. The molecule has 4 rings (SSSR count). The minimum Gasteiger partial charge on any atom is -0.321 e. The summed E-state index contributed by atoms with van der Waals surface area (Å²) in [5, 5.41) is 3.55. The molecule has 118 valence electrons. The lowest BCUT2D eigenvalue weighted by Crippen LogP contribution is -2.43. The first-order chi connectivity index (χ1) is 11.6. The largest absolute Gasteiger partial charge is 0.321 e. The fourth-order valence-electron chi connectivity index (χ4n) is 2.90. The summed E-state index contributed by atoms with van der Waals surface area (Å²) < 4.78 is 0. The van der Waals surface area contributed by atoms with Crippen LogP contribution in [0.25, 0.3) is 10.9 Å². The molecule has 0 unspecified atom stereocenters. The number of amides is 2. The van der Waals surface area contributed by atoms with Crippen molar-refractivity contribution in [1.29, 1.82) is 0 Å². The fourth-order valence-corrected chi connectivity index (χ4v) is 2.90. The van der Waals surface area contributed by atoms with E-state index in [0.717, 1.165) is 16.5 Å². The summed E-state index contributed by atoms with van der Waals surface area (Å²) in [6.07, 6.45) is 3.32. The molecular formula is C18H14N4O2. The van der Waals surface area contributed by atoms with Gasteiger partial charge in [0.2, 0.25) is 5.91 Å². The van der Waals surface area contributed by atoms with Gasteiger partial charge in [0.05, 0.1) is 11.2 Å². The molecule has 1 aliphatic heterocycles. The number of nitrogens with one attached hydrogen (secondary N) is 1. The molecule has 3 heterocycles. The van der Waals surface area contributed by atoms with Crippen LogP contribution in [-0.4, -0.2) is 28.3 Å². The number of benzene rings is 1. The van der Waals surface area contributed by atoms with Crippen molar-refractivity contribution < 1.29 is 9.59 Å². The van der Waals surface area contributed by atoms with Gasteiger partial charge in [-0.05, 0) is 36.8 Å². The number of rotatable bonds is 1. The highest BCUT2D eigenvalue weighted by Crippen LogP contribution is 2.31. The Balaban J connectivity index is 1.86. The van der Waals surface area contributed by atoms with Crippen molar-refractivity contribution in [3.05, 3.63) is 59.9 Å². The standard InChI is InChI=1S/C18H14N4O2/c1-11-7-9-20-17-16(11)21-15(23)10-22(17)18(24)13-4-2-6-14-12(13)5-3-8-19-14/h2-9H,10H2,1H3,(H,21,23). The van der Waals surface area contributed by atoms with E-state index in [0.29, 0.717) is 17.1 Å². The van der Waals surface area contributed by atoms with Gasteiger partial charge in [0.1, 0.15) is 6.54 Å². The van der Waals surface area contributed by atoms with Crippen LogP contribution >= 0.6 is 0 Å². The van der Waals surface area contributed by atoms with Crippen molar-refractivity contribution in [3.8, 4) is 0 Å². The summed E-state index contributed by atoms with van der Waals surface area (Å²) in [7, 11) is 0. The van der Waals surface area contributed by atoms with Crippen LogP contribution in [-0.2, 0) is 4.79 Å². The average Bonchev–Trinajstić information content (AvgIpc) is 2.61. The lowest BCUT2D eigenvalue weighted by atomic mass is 10.1. The van der Waals surface area contributed by atoms with E-state index in [9.17, 15) is 9.59 Å². The van der Waals surface area contributed by atoms with E-state index < -0.39 is 0 Å². The molecular weight excluding hydrogens is 304 g/mol. The second-order valence-corrected chi connectivity index (χ2v) is 5.64. The second kappa shape index (κ2) is 5.42. The summed E-state index contributed by atoms with van der Waals surface area (Å²) in [6, 6.07) is 10.8. The number of fused-ring (bicyclic) bond motifs is 2. The Kier molecular flexibility index (Phi) is 3.23. The third-order valence-corrected chi connectivity index (χ3v) is 4.08. The molecule has 0 radical (unpaired) electrons. The number of carbonyl (C=O) groups excluding carboxylic acids is 2. The highest BCUT2D eigenvalue weighted by molar-refractivity contribution is 6.18. The van der Waals surface area contributed by atoms with Gasteiger partial charge in [-0.1, -0.05) is 12.1 Å². The van der Waals surface area contributed by atoms with Crippen LogP contribution in [0.15, 0.2) is 48.8 Å². The minimum absolute atomic E-state index is 0.0566. The lowest BCUT2D eigenvalue weighted by molar-refractivity contribution is -0.115. The Hall–Kier alpha value is -3.28. The van der Waals surface area contributed by atoms with Gasteiger partial charge < -0.3 is 5.32 Å². The van der Waals surface area contributed by atoms with Crippen molar-refractivity contribution in [2.24, 2.45) is 0 Å². The van der Waals surface area contributed by atoms with E-state index in [4.69, 9.17) is 0 Å². The molecule has 0 fully saturated rings. The summed E-state index contributed by atoms with van der Waals surface area (Å²) >= 11 is 0. The van der Waals surface area contributed by atoms with Crippen molar-refractivity contribution in [2.45, 2.75) is 6.92 Å². The van der Waals surface area contributed by atoms with Gasteiger partial charge in [-0.15, -0.1) is 0 Å². The maximum Gasteiger partial charge on any atom is 0.260 e. The first-order valence-corrected chi connectivity index (χ1v) is 7.56. The van der Waals surface area contributed by atoms with Crippen LogP contribution in [0.3, 0.4) is 0 Å². The maximum atomic E-state index is 13.1. The molecule has 0 spiro atoms. The number of aryl methyl sites for hydroxylation is 1. The molecule has 24 heavy (non-hydrogen) atoms. The number of carbonyl (C=O) groups is 2. The van der Waals surface area contributed by atoms with E-state index in [1.807, 2.05) is 19.1 Å². The van der Waals surface area contributed by atoms with Crippen LogP contribution < -0.4 is 10.2 Å². The van der Waals surface area contributed by atoms with Crippen molar-refractivity contribution in [2.75, 3.05) is 16.8 Å². The summed E-state index contributed by atoms with van der Waals surface area (Å²) in [5.74, 6) is -0.0198. The van der Waals surface area contributed by atoms with E-state index in [1.54, 1.807) is 36.7 Å². The van der Waals surface area contributed by atoms with Gasteiger partial charge in [-0.3, -0.25) is 19.5 Å². The van der Waals surface area contributed by atoms with Crippen LogP contribution in [0.5, 0.6) is 0 Å². The van der Waals surface area contributed by atoms with Gasteiger partial charge in [0, 0.05) is 23.3 Å². The molecule has 6 nitrogen and oxygen atoms in total. The molecule has 0 aliphatic carbocycles. The minimum atomic E-state index is -0.261. The zero-order chi connectivity index (χ0) is 16.7. The van der Waals surface area contributed by atoms with Crippen LogP contribution in [0, 0.1) is 6.92 Å². The summed E-state index contributed by atoms with van der Waals surface area (Å²) in [6.45, 7) is 1.82. The average molecular weight is 318 g/mol. The zero-order valence-corrected chi connectivity index (χ0v) is 13.0. The molecule has 0 atom stereocenters. The predicted molar refractivity (Wildman–Crippen MR) is 91.0 cm³/mol. The number of anilines is 2. The molecule has 1 aliphatic rings.